The highest BCUT2D eigenvalue weighted by molar-refractivity contribution is 5.87. The van der Waals surface area contributed by atoms with Crippen LogP contribution in [0.25, 0.3) is 0 Å². The van der Waals surface area contributed by atoms with Crippen molar-refractivity contribution in [1.82, 2.24) is 0 Å². The Kier molecular flexibility index (Phi) is 5.46. The SMILES string of the molecule is CC=C(C)C(=O)OC1CCC2(C)C3CCC4CC3(CCC2C1(C)C)CC4(CO)OC. The van der Waals surface area contributed by atoms with E-state index in [1.54, 1.807) is 7.11 Å². The summed E-state index contributed by atoms with van der Waals surface area (Å²) in [6, 6.07) is 0. The van der Waals surface area contributed by atoms with Gasteiger partial charge in [-0.15, -0.1) is 0 Å². The van der Waals surface area contributed by atoms with E-state index < -0.39 is 0 Å². The molecule has 4 heteroatoms. The first kappa shape index (κ1) is 22.3. The molecule has 4 nitrogen and oxygen atoms in total. The number of carbonyl (C=O) groups is 1. The molecule has 4 rings (SSSR count). The second-order valence-electron chi connectivity index (χ2n) is 11.8. The Morgan fingerprint density at radius 3 is 2.47 bits per heavy atom. The molecule has 0 saturated heterocycles. The predicted molar refractivity (Wildman–Crippen MR) is 118 cm³/mol. The molecule has 1 N–H and O–H groups in total. The van der Waals surface area contributed by atoms with Gasteiger partial charge in [0.2, 0.25) is 0 Å². The average Bonchev–Trinajstić information content (AvgIpc) is 2.96. The maximum Gasteiger partial charge on any atom is 0.333 e. The van der Waals surface area contributed by atoms with Gasteiger partial charge in [0.25, 0.3) is 0 Å². The van der Waals surface area contributed by atoms with Crippen LogP contribution < -0.4 is 0 Å². The number of fused-ring (bicyclic) bond motifs is 3. The molecule has 0 aromatic heterocycles. The summed E-state index contributed by atoms with van der Waals surface area (Å²) in [5.41, 5.74) is 0.928. The van der Waals surface area contributed by atoms with Crippen molar-refractivity contribution in [2.45, 2.75) is 97.7 Å². The van der Waals surface area contributed by atoms with Crippen LogP contribution in [-0.4, -0.2) is 36.5 Å². The molecule has 2 bridgehead atoms. The summed E-state index contributed by atoms with van der Waals surface area (Å²) in [5.74, 6) is 1.58. The Morgan fingerprint density at radius 1 is 1.10 bits per heavy atom. The minimum absolute atomic E-state index is 0.0116. The first-order valence-corrected chi connectivity index (χ1v) is 12.1. The molecule has 0 aromatic rings. The second-order valence-corrected chi connectivity index (χ2v) is 11.8. The lowest BCUT2D eigenvalue weighted by molar-refractivity contribution is -0.196. The normalized spacial score (nSPS) is 47.4. The molecule has 4 saturated carbocycles. The minimum atomic E-state index is -0.329. The number of methoxy groups -OCH3 is 1. The molecule has 1 spiro atoms. The van der Waals surface area contributed by atoms with Gasteiger partial charge in [0, 0.05) is 18.1 Å². The van der Waals surface area contributed by atoms with Gasteiger partial charge in [0.1, 0.15) is 6.10 Å². The Morgan fingerprint density at radius 2 is 1.83 bits per heavy atom. The summed E-state index contributed by atoms with van der Waals surface area (Å²) < 4.78 is 12.1. The van der Waals surface area contributed by atoms with E-state index in [0.29, 0.717) is 28.7 Å². The monoisotopic (exact) mass is 418 g/mol. The van der Waals surface area contributed by atoms with Gasteiger partial charge in [-0.25, -0.2) is 4.79 Å². The number of allylic oxidation sites excluding steroid dienone is 1. The van der Waals surface area contributed by atoms with Gasteiger partial charge in [-0.2, -0.15) is 0 Å². The smallest absolute Gasteiger partial charge is 0.333 e. The molecule has 0 heterocycles. The van der Waals surface area contributed by atoms with Crippen LogP contribution in [0.4, 0.5) is 0 Å². The first-order chi connectivity index (χ1) is 14.1. The van der Waals surface area contributed by atoms with E-state index in [1.807, 2.05) is 19.9 Å². The van der Waals surface area contributed by atoms with Crippen molar-refractivity contribution >= 4 is 5.97 Å². The summed E-state index contributed by atoms with van der Waals surface area (Å²) in [5, 5.41) is 10.2. The van der Waals surface area contributed by atoms with E-state index in [0.717, 1.165) is 19.3 Å². The maximum atomic E-state index is 12.5. The highest BCUT2D eigenvalue weighted by atomic mass is 16.5. The average molecular weight is 419 g/mol. The van der Waals surface area contributed by atoms with Crippen molar-refractivity contribution in [2.24, 2.45) is 34.0 Å². The van der Waals surface area contributed by atoms with Crippen molar-refractivity contribution in [3.05, 3.63) is 11.6 Å². The third-order valence-electron chi connectivity index (χ3n) is 10.5. The molecular formula is C26H42O4. The van der Waals surface area contributed by atoms with Gasteiger partial charge in [-0.05, 0) is 93.8 Å². The molecule has 170 valence electrons. The summed E-state index contributed by atoms with van der Waals surface area (Å²) in [4.78, 5) is 12.5. The number of ether oxygens (including phenoxy) is 2. The zero-order chi connectivity index (χ0) is 21.9. The van der Waals surface area contributed by atoms with Gasteiger partial charge in [-0.3, -0.25) is 0 Å². The van der Waals surface area contributed by atoms with Gasteiger partial charge >= 0.3 is 5.97 Å². The van der Waals surface area contributed by atoms with Crippen LogP contribution in [0.5, 0.6) is 0 Å². The van der Waals surface area contributed by atoms with Gasteiger partial charge < -0.3 is 14.6 Å². The first-order valence-electron chi connectivity index (χ1n) is 12.1. The van der Waals surface area contributed by atoms with E-state index >= 15 is 0 Å². The fourth-order valence-corrected chi connectivity index (χ4v) is 8.84. The van der Waals surface area contributed by atoms with Crippen LogP contribution in [-0.2, 0) is 14.3 Å². The molecule has 0 radical (unpaired) electrons. The van der Waals surface area contributed by atoms with Crippen LogP contribution in [0.3, 0.4) is 0 Å². The van der Waals surface area contributed by atoms with Crippen molar-refractivity contribution in [1.29, 1.82) is 0 Å². The van der Waals surface area contributed by atoms with E-state index in [1.165, 1.54) is 32.1 Å². The molecule has 4 fully saturated rings. The molecule has 0 amide bonds. The lowest BCUT2D eigenvalue weighted by Crippen LogP contribution is -2.59. The quantitative estimate of drug-likeness (QED) is 0.498. The lowest BCUT2D eigenvalue weighted by Gasteiger charge is -2.65. The van der Waals surface area contributed by atoms with E-state index in [2.05, 4.69) is 20.8 Å². The Bertz CT molecular complexity index is 721. The van der Waals surface area contributed by atoms with Crippen LogP contribution in [0.2, 0.25) is 0 Å². The number of carbonyl (C=O) groups excluding carboxylic acids is 1. The molecular weight excluding hydrogens is 376 g/mol. The van der Waals surface area contributed by atoms with Crippen molar-refractivity contribution < 1.29 is 19.4 Å². The number of aliphatic hydroxyl groups is 1. The molecule has 4 aliphatic carbocycles. The third-order valence-corrected chi connectivity index (χ3v) is 10.5. The van der Waals surface area contributed by atoms with Crippen LogP contribution in [0.15, 0.2) is 11.6 Å². The van der Waals surface area contributed by atoms with E-state index in [-0.39, 0.29) is 35.1 Å². The topological polar surface area (TPSA) is 55.8 Å². The number of aliphatic hydroxyl groups excluding tert-OH is 1. The largest absolute Gasteiger partial charge is 0.458 e. The van der Waals surface area contributed by atoms with Gasteiger partial charge in [0.05, 0.1) is 12.2 Å². The van der Waals surface area contributed by atoms with Crippen molar-refractivity contribution in [2.75, 3.05) is 13.7 Å². The van der Waals surface area contributed by atoms with Crippen molar-refractivity contribution in [3.8, 4) is 0 Å². The number of hydrogen-bond donors (Lipinski definition) is 1. The fourth-order valence-electron chi connectivity index (χ4n) is 8.84. The maximum absolute atomic E-state index is 12.5. The zero-order valence-electron chi connectivity index (χ0n) is 19.9. The summed E-state index contributed by atoms with van der Waals surface area (Å²) in [6.45, 7) is 11.1. The molecule has 4 aliphatic rings. The summed E-state index contributed by atoms with van der Waals surface area (Å²) in [7, 11) is 1.80. The Hall–Kier alpha value is -0.870. The minimum Gasteiger partial charge on any atom is -0.458 e. The third kappa shape index (κ3) is 2.96. The van der Waals surface area contributed by atoms with Gasteiger partial charge in [-0.1, -0.05) is 26.8 Å². The Labute approximate surface area is 182 Å². The molecule has 7 unspecified atom stereocenters. The predicted octanol–water partition coefficient (Wildman–Crippen LogP) is 5.28. The number of esters is 1. The van der Waals surface area contributed by atoms with E-state index in [4.69, 9.17) is 9.47 Å². The lowest BCUT2D eigenvalue weighted by atomic mass is 9.41. The number of hydrogen-bond acceptors (Lipinski definition) is 4. The molecule has 30 heavy (non-hydrogen) atoms. The Balaban J connectivity index is 1.61. The van der Waals surface area contributed by atoms with Crippen LogP contribution in [0, 0.1) is 34.0 Å². The number of rotatable bonds is 4. The van der Waals surface area contributed by atoms with Crippen molar-refractivity contribution in [3.63, 3.8) is 0 Å². The molecule has 0 aromatic carbocycles. The van der Waals surface area contributed by atoms with E-state index in [9.17, 15) is 9.90 Å². The summed E-state index contributed by atoms with van der Waals surface area (Å²) in [6.07, 6.45) is 11.0. The van der Waals surface area contributed by atoms with Crippen LogP contribution in [0.1, 0.15) is 86.0 Å². The second kappa shape index (κ2) is 7.33. The molecule has 0 aliphatic heterocycles. The zero-order valence-corrected chi connectivity index (χ0v) is 19.9. The summed E-state index contributed by atoms with van der Waals surface area (Å²) >= 11 is 0. The standard InChI is InChI=1S/C26H42O4/c1-7-17(2)22(28)30-21-11-12-24(5)19(23(21,3)4)10-13-25-14-18(8-9-20(24)25)26(15-25,16-27)29-6/h7,18-21,27H,8-16H2,1-6H3. The fraction of sp³-hybridized carbons (Fsp3) is 0.885. The van der Waals surface area contributed by atoms with Gasteiger partial charge in [0.15, 0.2) is 0 Å². The highest BCUT2D eigenvalue weighted by Crippen LogP contribution is 2.73. The van der Waals surface area contributed by atoms with Crippen LogP contribution >= 0.6 is 0 Å². The highest BCUT2D eigenvalue weighted by Gasteiger charge is 2.68. The molecule has 7 atom stereocenters.